The van der Waals surface area contributed by atoms with E-state index in [9.17, 15) is 4.79 Å². The number of hydrogen-bond acceptors (Lipinski definition) is 7. The molecule has 5 rings (SSSR count). The fourth-order valence-corrected chi connectivity index (χ4v) is 6.32. The third kappa shape index (κ3) is 7.25. The van der Waals surface area contributed by atoms with E-state index in [4.69, 9.17) is 19.2 Å². The summed E-state index contributed by atoms with van der Waals surface area (Å²) < 4.78 is 20.6. The number of likely N-dealkylation sites (N-methyl/N-ethyl adjacent to an activating group) is 1. The Bertz CT molecular complexity index is 1390. The predicted molar refractivity (Wildman–Crippen MR) is 166 cm³/mol. The molecule has 2 aliphatic heterocycles. The van der Waals surface area contributed by atoms with Gasteiger partial charge in [-0.25, -0.2) is 4.98 Å². The number of fused-ring (bicyclic) bond motifs is 2. The fraction of sp³-hybridized carbons (Fsp3) is 0.636. The number of rotatable bonds is 12. The lowest BCUT2D eigenvalue weighted by atomic mass is 9.99. The summed E-state index contributed by atoms with van der Waals surface area (Å²) in [7, 11) is 4.16. The summed E-state index contributed by atoms with van der Waals surface area (Å²) in [5.41, 5.74) is 4.02. The van der Waals surface area contributed by atoms with Crippen molar-refractivity contribution in [2.45, 2.75) is 91.4 Å². The van der Waals surface area contributed by atoms with Crippen LogP contribution in [0.4, 0.5) is 0 Å². The van der Waals surface area contributed by atoms with Crippen molar-refractivity contribution in [3.05, 3.63) is 57.4 Å². The van der Waals surface area contributed by atoms with Crippen LogP contribution in [0, 0.1) is 12.8 Å². The van der Waals surface area contributed by atoms with Crippen LogP contribution < -0.4 is 10.3 Å². The average Bonchev–Trinajstić information content (AvgIpc) is 3.37. The van der Waals surface area contributed by atoms with Crippen LogP contribution >= 0.6 is 0 Å². The molecule has 0 aliphatic carbocycles. The van der Waals surface area contributed by atoms with E-state index in [-0.39, 0.29) is 11.7 Å². The number of benzene rings is 1. The van der Waals surface area contributed by atoms with Crippen LogP contribution in [0.25, 0.3) is 10.9 Å². The maximum atomic E-state index is 13.6. The molecule has 3 unspecified atom stereocenters. The highest BCUT2D eigenvalue weighted by molar-refractivity contribution is 5.89. The Morgan fingerprint density at radius 3 is 2.64 bits per heavy atom. The molecule has 0 bridgehead atoms. The largest absolute Gasteiger partial charge is 0.464 e. The summed E-state index contributed by atoms with van der Waals surface area (Å²) in [6, 6.07) is 6.04. The summed E-state index contributed by atoms with van der Waals surface area (Å²) in [4.78, 5) is 26.5. The highest BCUT2D eigenvalue weighted by atomic mass is 16.8. The van der Waals surface area contributed by atoms with Crippen molar-refractivity contribution in [3.8, 4) is 5.75 Å². The molecular formula is C33H49N5O4. The Kier molecular flexibility index (Phi) is 10.0. The van der Waals surface area contributed by atoms with Crippen molar-refractivity contribution >= 4 is 10.9 Å². The van der Waals surface area contributed by atoms with Crippen molar-refractivity contribution in [1.29, 1.82) is 0 Å². The first kappa shape index (κ1) is 30.7. The highest BCUT2D eigenvalue weighted by Crippen LogP contribution is 2.31. The van der Waals surface area contributed by atoms with E-state index in [0.29, 0.717) is 12.4 Å². The van der Waals surface area contributed by atoms with Crippen molar-refractivity contribution < 1.29 is 14.2 Å². The number of nitrogens with zero attached hydrogens (tertiary/aromatic N) is 4. The lowest BCUT2D eigenvalue weighted by molar-refractivity contribution is -0.226. The van der Waals surface area contributed by atoms with Crippen LogP contribution in [0.3, 0.4) is 0 Å². The van der Waals surface area contributed by atoms with E-state index >= 15 is 0 Å². The Morgan fingerprint density at radius 2 is 1.88 bits per heavy atom. The van der Waals surface area contributed by atoms with Gasteiger partial charge in [0.1, 0.15) is 17.7 Å². The Morgan fingerprint density at radius 1 is 1.10 bits per heavy atom. The number of nitrogens with one attached hydrogen (secondary N) is 1. The van der Waals surface area contributed by atoms with Crippen molar-refractivity contribution in [1.82, 2.24) is 24.3 Å². The SMILES string of the molecule is Cc1nc2n(c(=O)c1CCN1CCC(C)CC1)CCCC2OC(C)OC(C)Oc1cccc2[nH]cc(CCN(C)C)c12. The van der Waals surface area contributed by atoms with Gasteiger partial charge in [-0.15, -0.1) is 0 Å². The van der Waals surface area contributed by atoms with Crippen LogP contribution in [-0.2, 0) is 28.9 Å². The number of ether oxygens (including phenoxy) is 3. The van der Waals surface area contributed by atoms with Gasteiger partial charge in [0.25, 0.3) is 5.56 Å². The molecule has 4 heterocycles. The summed E-state index contributed by atoms with van der Waals surface area (Å²) in [5.74, 6) is 2.31. The molecule has 3 aromatic rings. The van der Waals surface area contributed by atoms with Gasteiger partial charge >= 0.3 is 0 Å². The molecule has 2 aromatic heterocycles. The van der Waals surface area contributed by atoms with Crippen LogP contribution in [-0.4, -0.2) is 77.2 Å². The number of aryl methyl sites for hydroxylation is 1. The number of likely N-dealkylation sites (tertiary alicyclic amines) is 1. The number of piperidine rings is 1. The maximum absolute atomic E-state index is 13.6. The normalized spacial score (nSPS) is 19.7. The zero-order valence-electron chi connectivity index (χ0n) is 26.3. The predicted octanol–water partition coefficient (Wildman–Crippen LogP) is 5.05. The smallest absolute Gasteiger partial charge is 0.257 e. The lowest BCUT2D eigenvalue weighted by Crippen LogP contribution is -2.38. The van der Waals surface area contributed by atoms with E-state index in [2.05, 4.69) is 48.1 Å². The summed E-state index contributed by atoms with van der Waals surface area (Å²) in [5, 5.41) is 1.09. The molecule has 0 radical (unpaired) electrons. The molecule has 1 fully saturated rings. The van der Waals surface area contributed by atoms with Crippen molar-refractivity contribution in [3.63, 3.8) is 0 Å². The van der Waals surface area contributed by atoms with Gasteiger partial charge in [0.2, 0.25) is 0 Å². The number of aromatic amines is 1. The molecule has 0 amide bonds. The molecule has 0 spiro atoms. The Balaban J connectivity index is 1.22. The van der Waals surface area contributed by atoms with Crippen LogP contribution in [0.1, 0.15) is 75.2 Å². The minimum absolute atomic E-state index is 0.0890. The van der Waals surface area contributed by atoms with E-state index in [0.717, 1.165) is 85.7 Å². The quantitative estimate of drug-likeness (QED) is 0.301. The monoisotopic (exact) mass is 579 g/mol. The standard InChI is InChI=1S/C33H49N5O4/c1-22-12-18-37(19-13-22)20-15-27-23(2)35-32-30(11-8-16-38(32)33(27)39)42-25(4)40-24(3)41-29-10-7-9-28-31(29)26(21-34-28)14-17-36(5)6/h7,9-10,21-22,24-25,30,34H,8,11-20H2,1-6H3. The Labute approximate surface area is 250 Å². The fourth-order valence-electron chi connectivity index (χ4n) is 6.32. The van der Waals surface area contributed by atoms with E-state index in [1.54, 1.807) is 0 Å². The van der Waals surface area contributed by atoms with Crippen LogP contribution in [0.5, 0.6) is 5.75 Å². The second kappa shape index (κ2) is 13.7. The molecule has 1 N–H and O–H groups in total. The average molecular weight is 580 g/mol. The number of H-pyrrole nitrogens is 1. The number of aromatic nitrogens is 3. The summed E-state index contributed by atoms with van der Waals surface area (Å²) >= 11 is 0. The minimum Gasteiger partial charge on any atom is -0.464 e. The van der Waals surface area contributed by atoms with Gasteiger partial charge < -0.3 is 29.0 Å². The molecule has 1 saturated heterocycles. The maximum Gasteiger partial charge on any atom is 0.257 e. The molecule has 0 saturated carbocycles. The van der Waals surface area contributed by atoms with Gasteiger partial charge in [-0.2, -0.15) is 0 Å². The first-order valence-electron chi connectivity index (χ1n) is 15.7. The highest BCUT2D eigenvalue weighted by Gasteiger charge is 2.28. The third-order valence-corrected chi connectivity index (χ3v) is 8.80. The van der Waals surface area contributed by atoms with Crippen molar-refractivity contribution in [2.75, 3.05) is 40.3 Å². The molecule has 230 valence electrons. The second-order valence-electron chi connectivity index (χ2n) is 12.5. The van der Waals surface area contributed by atoms with Gasteiger partial charge in [-0.05, 0) is 110 Å². The van der Waals surface area contributed by atoms with Gasteiger partial charge in [0, 0.05) is 48.0 Å². The molecule has 2 aliphatic rings. The van der Waals surface area contributed by atoms with Crippen molar-refractivity contribution in [2.24, 2.45) is 5.92 Å². The topological polar surface area (TPSA) is 84.9 Å². The molecule has 9 heteroatoms. The Hall–Kier alpha value is -2.72. The van der Waals surface area contributed by atoms with Gasteiger partial charge in [0.05, 0.1) is 0 Å². The molecule has 9 nitrogen and oxygen atoms in total. The van der Waals surface area contributed by atoms with Crippen LogP contribution in [0.15, 0.2) is 29.2 Å². The van der Waals surface area contributed by atoms with Gasteiger partial charge in [-0.3, -0.25) is 9.36 Å². The summed E-state index contributed by atoms with van der Waals surface area (Å²) in [6.07, 6.45) is 6.53. The molecule has 3 atom stereocenters. The third-order valence-electron chi connectivity index (χ3n) is 8.80. The first-order chi connectivity index (χ1) is 20.2. The van der Waals surface area contributed by atoms with Gasteiger partial charge in [0.15, 0.2) is 12.6 Å². The first-order valence-corrected chi connectivity index (χ1v) is 15.7. The summed E-state index contributed by atoms with van der Waals surface area (Å²) in [6.45, 7) is 12.9. The lowest BCUT2D eigenvalue weighted by Gasteiger charge is -2.31. The zero-order chi connectivity index (χ0) is 29.8. The van der Waals surface area contributed by atoms with E-state index in [1.807, 2.05) is 37.5 Å². The zero-order valence-corrected chi connectivity index (χ0v) is 26.3. The van der Waals surface area contributed by atoms with E-state index < -0.39 is 12.6 Å². The molecule has 42 heavy (non-hydrogen) atoms. The second-order valence-corrected chi connectivity index (χ2v) is 12.5. The number of hydrogen-bond donors (Lipinski definition) is 1. The molecular weight excluding hydrogens is 530 g/mol. The molecule has 1 aromatic carbocycles. The minimum atomic E-state index is -0.534. The van der Waals surface area contributed by atoms with Crippen LogP contribution in [0.2, 0.25) is 0 Å². The van der Waals surface area contributed by atoms with Gasteiger partial charge in [-0.1, -0.05) is 13.0 Å². The van der Waals surface area contributed by atoms with E-state index in [1.165, 1.54) is 18.4 Å².